The number of ether oxygens (including phenoxy) is 3. The van der Waals surface area contributed by atoms with E-state index < -0.39 is 42.1 Å². The Morgan fingerprint density at radius 3 is 2.69 bits per heavy atom. The number of hydrogen-bond acceptors (Lipinski definition) is 6. The van der Waals surface area contributed by atoms with Crippen LogP contribution in [0.2, 0.25) is 0 Å². The summed E-state index contributed by atoms with van der Waals surface area (Å²) < 4.78 is 96.9. The topological polar surface area (TPSA) is 78.6 Å². The van der Waals surface area contributed by atoms with E-state index in [0.29, 0.717) is 12.0 Å². The van der Waals surface area contributed by atoms with Gasteiger partial charge in [-0.2, -0.15) is 22.7 Å². The third-order valence-electron chi connectivity index (χ3n) is 5.75. The lowest BCUT2D eigenvalue weighted by Crippen LogP contribution is -2.25. The molecule has 2 atom stereocenters. The van der Waals surface area contributed by atoms with Crippen LogP contribution in [0.4, 0.5) is 26.3 Å². The van der Waals surface area contributed by atoms with Crippen molar-refractivity contribution in [3.8, 4) is 22.9 Å². The molecule has 3 aromatic rings. The van der Waals surface area contributed by atoms with E-state index in [-0.39, 0.29) is 41.3 Å². The summed E-state index contributed by atoms with van der Waals surface area (Å²) in [7, 11) is 0. The van der Waals surface area contributed by atoms with E-state index in [1.54, 1.807) is 0 Å². The van der Waals surface area contributed by atoms with Gasteiger partial charge in [0.1, 0.15) is 6.10 Å². The monoisotopic (exact) mass is 501 g/mol. The molecular formula is C22H17F6N3O4. The first-order valence-corrected chi connectivity index (χ1v) is 10.5. The van der Waals surface area contributed by atoms with Crippen molar-refractivity contribution in [1.29, 1.82) is 0 Å². The van der Waals surface area contributed by atoms with E-state index in [1.807, 2.05) is 0 Å². The minimum Gasteiger partial charge on any atom is -0.481 e. The van der Waals surface area contributed by atoms with E-state index in [0.717, 1.165) is 16.9 Å². The van der Waals surface area contributed by atoms with Crippen LogP contribution in [-0.4, -0.2) is 26.2 Å². The highest BCUT2D eigenvalue weighted by Crippen LogP contribution is 2.43. The van der Waals surface area contributed by atoms with Crippen LogP contribution in [0.5, 0.6) is 17.2 Å². The fourth-order valence-corrected chi connectivity index (χ4v) is 4.18. The van der Waals surface area contributed by atoms with Crippen LogP contribution in [-0.2, 0) is 12.6 Å². The van der Waals surface area contributed by atoms with Crippen molar-refractivity contribution in [2.45, 2.75) is 50.9 Å². The molecule has 0 spiro atoms. The number of fused-ring (bicyclic) bond motifs is 2. The number of rotatable bonds is 4. The van der Waals surface area contributed by atoms with Crippen LogP contribution in [0.15, 0.2) is 30.5 Å². The number of aliphatic hydroxyl groups excluding tert-OH is 1. The minimum absolute atomic E-state index is 0.0346. The predicted octanol–water partition coefficient (Wildman–Crippen LogP) is 5.26. The van der Waals surface area contributed by atoms with Crippen LogP contribution >= 0.6 is 0 Å². The Morgan fingerprint density at radius 1 is 1.20 bits per heavy atom. The van der Waals surface area contributed by atoms with E-state index in [9.17, 15) is 31.4 Å². The number of halogens is 6. The van der Waals surface area contributed by atoms with Crippen LogP contribution in [0.25, 0.3) is 5.69 Å². The van der Waals surface area contributed by atoms with Crippen molar-refractivity contribution in [2.75, 3.05) is 0 Å². The predicted molar refractivity (Wildman–Crippen MR) is 106 cm³/mol. The maximum Gasteiger partial charge on any atom is 0.586 e. The molecule has 186 valence electrons. The molecule has 0 saturated carbocycles. The van der Waals surface area contributed by atoms with Crippen molar-refractivity contribution >= 4 is 0 Å². The standard InChI is InChI=1S/C22H17F6N3O4/c1-10(11-5-6-15-16(7-11)35-22(27,28)34-15)33-17-8-12(9-29-20(17)23)31-18-13(3-2-4-14(18)32)19(30-31)21(24,25)26/h5-10,14,32H,2-4H2,1H3/t10-,14?/m0/s1. The van der Waals surface area contributed by atoms with Crippen molar-refractivity contribution in [3.05, 3.63) is 58.9 Å². The van der Waals surface area contributed by atoms with Gasteiger partial charge in [0.05, 0.1) is 23.7 Å². The molecule has 2 aliphatic rings. The first kappa shape index (κ1) is 23.3. The van der Waals surface area contributed by atoms with Gasteiger partial charge in [-0.25, -0.2) is 9.67 Å². The van der Waals surface area contributed by atoms with Crippen molar-refractivity contribution in [2.24, 2.45) is 0 Å². The number of aliphatic hydroxyl groups is 1. The van der Waals surface area contributed by atoms with Gasteiger partial charge in [-0.05, 0) is 43.9 Å². The summed E-state index contributed by atoms with van der Waals surface area (Å²) in [4.78, 5) is 3.57. The lowest BCUT2D eigenvalue weighted by atomic mass is 9.93. The maximum atomic E-state index is 14.5. The van der Waals surface area contributed by atoms with Crippen LogP contribution < -0.4 is 14.2 Å². The number of alkyl halides is 5. The van der Waals surface area contributed by atoms with Gasteiger partial charge in [-0.3, -0.25) is 0 Å². The second kappa shape index (κ2) is 8.04. The van der Waals surface area contributed by atoms with Crippen LogP contribution in [0.1, 0.15) is 54.5 Å². The van der Waals surface area contributed by atoms with Crippen LogP contribution in [0.3, 0.4) is 0 Å². The van der Waals surface area contributed by atoms with Gasteiger partial charge >= 0.3 is 12.5 Å². The lowest BCUT2D eigenvalue weighted by Gasteiger charge is -2.21. The Balaban J connectivity index is 1.48. The van der Waals surface area contributed by atoms with Gasteiger partial charge in [-0.15, -0.1) is 8.78 Å². The molecule has 7 nitrogen and oxygen atoms in total. The van der Waals surface area contributed by atoms with Crippen molar-refractivity contribution in [3.63, 3.8) is 0 Å². The minimum atomic E-state index is -4.75. The average molecular weight is 501 g/mol. The zero-order chi connectivity index (χ0) is 25.1. The van der Waals surface area contributed by atoms with E-state index in [2.05, 4.69) is 19.6 Å². The Hall–Kier alpha value is -3.48. The largest absolute Gasteiger partial charge is 0.586 e. The fraction of sp³-hybridized carbons (Fsp3) is 0.364. The van der Waals surface area contributed by atoms with E-state index >= 15 is 0 Å². The molecule has 1 N–H and O–H groups in total. The number of benzene rings is 1. The normalized spacial score (nSPS) is 19.4. The lowest BCUT2D eigenvalue weighted by molar-refractivity contribution is -0.286. The van der Waals surface area contributed by atoms with Gasteiger partial charge in [0.25, 0.3) is 5.95 Å². The molecule has 0 saturated heterocycles. The van der Waals surface area contributed by atoms with Gasteiger partial charge in [0.15, 0.2) is 22.9 Å². The molecule has 1 unspecified atom stereocenters. The van der Waals surface area contributed by atoms with Gasteiger partial charge in [0.2, 0.25) is 0 Å². The molecule has 1 aromatic carbocycles. The Kier molecular flexibility index (Phi) is 5.34. The summed E-state index contributed by atoms with van der Waals surface area (Å²) in [5.74, 6) is -1.87. The SMILES string of the molecule is C[C@H](Oc1cc(-n2nc(C(F)(F)F)c3c2C(O)CCC3)cnc1F)c1ccc2c(c1)OC(F)(F)O2. The van der Waals surface area contributed by atoms with Gasteiger partial charge < -0.3 is 19.3 Å². The Bertz CT molecular complexity index is 1290. The maximum absolute atomic E-state index is 14.5. The molecule has 1 aliphatic carbocycles. The molecule has 5 rings (SSSR count). The summed E-state index contributed by atoms with van der Waals surface area (Å²) in [5.41, 5.74) is -0.988. The average Bonchev–Trinajstić information content (AvgIpc) is 3.31. The first-order valence-electron chi connectivity index (χ1n) is 10.5. The third-order valence-corrected chi connectivity index (χ3v) is 5.75. The highest BCUT2D eigenvalue weighted by Gasteiger charge is 2.44. The second-order valence-electron chi connectivity index (χ2n) is 8.15. The second-order valence-corrected chi connectivity index (χ2v) is 8.15. The highest BCUT2D eigenvalue weighted by molar-refractivity contribution is 5.46. The van der Waals surface area contributed by atoms with Gasteiger partial charge in [0, 0.05) is 11.6 Å². The Labute approximate surface area is 193 Å². The number of pyridine rings is 1. The van der Waals surface area contributed by atoms with E-state index in [1.165, 1.54) is 25.1 Å². The van der Waals surface area contributed by atoms with Gasteiger partial charge in [-0.1, -0.05) is 6.07 Å². The summed E-state index contributed by atoms with van der Waals surface area (Å²) in [6.45, 7) is 1.50. The molecular weight excluding hydrogens is 484 g/mol. The molecule has 1 aliphatic heterocycles. The number of hydrogen-bond donors (Lipinski definition) is 1. The molecule has 0 fully saturated rings. The zero-order valence-electron chi connectivity index (χ0n) is 17.9. The molecule has 3 heterocycles. The first-order chi connectivity index (χ1) is 16.4. The van der Waals surface area contributed by atoms with E-state index in [4.69, 9.17) is 4.74 Å². The van der Waals surface area contributed by atoms with Crippen LogP contribution in [0, 0.1) is 5.95 Å². The summed E-state index contributed by atoms with van der Waals surface area (Å²) in [6.07, 6.45) is -8.98. The highest BCUT2D eigenvalue weighted by atomic mass is 19.4. The quantitative estimate of drug-likeness (QED) is 0.389. The Morgan fingerprint density at radius 2 is 1.94 bits per heavy atom. The molecule has 0 radical (unpaired) electrons. The summed E-state index contributed by atoms with van der Waals surface area (Å²) in [6, 6.07) is 5.01. The molecule has 0 bridgehead atoms. The third kappa shape index (κ3) is 4.24. The molecule has 0 amide bonds. The molecule has 2 aromatic heterocycles. The summed E-state index contributed by atoms with van der Waals surface area (Å²) in [5, 5.41) is 14.0. The summed E-state index contributed by atoms with van der Waals surface area (Å²) >= 11 is 0. The number of aromatic nitrogens is 3. The zero-order valence-corrected chi connectivity index (χ0v) is 17.9. The molecule has 35 heavy (non-hydrogen) atoms. The van der Waals surface area contributed by atoms with Crippen molar-refractivity contribution in [1.82, 2.24) is 14.8 Å². The fourth-order valence-electron chi connectivity index (χ4n) is 4.18. The smallest absolute Gasteiger partial charge is 0.481 e. The molecule has 13 heteroatoms. The van der Waals surface area contributed by atoms with Crippen molar-refractivity contribution < 1.29 is 45.7 Å². The number of nitrogens with zero attached hydrogens (tertiary/aromatic N) is 3.